The van der Waals surface area contributed by atoms with Gasteiger partial charge >= 0.3 is 5.97 Å². The Kier molecular flexibility index (Phi) is 9.00. The quantitative estimate of drug-likeness (QED) is 0.515. The molecule has 0 bridgehead atoms. The summed E-state index contributed by atoms with van der Waals surface area (Å²) in [7, 11) is 1.33. The molecule has 4 heteroatoms. The molecule has 0 spiro atoms. The van der Waals surface area contributed by atoms with Crippen LogP contribution in [0.5, 0.6) is 0 Å². The third-order valence-corrected chi connectivity index (χ3v) is 1.19. The summed E-state index contributed by atoms with van der Waals surface area (Å²) in [4.78, 5) is 10.6. The average molecular weight is 180 g/mol. The highest BCUT2D eigenvalue weighted by atomic mass is 35.5. The summed E-state index contributed by atoms with van der Waals surface area (Å²) in [5, 5.41) is 0. The van der Waals surface area contributed by atoms with Crippen LogP contribution in [0.25, 0.3) is 0 Å². The smallest absolute Gasteiger partial charge is 0.322 e. The topological polar surface area (TPSA) is 52.3 Å². The SMILES string of the molecule is C=CCC[C@@H](N)C(=O)OC.Cl. The van der Waals surface area contributed by atoms with E-state index in [2.05, 4.69) is 11.3 Å². The van der Waals surface area contributed by atoms with Crippen LogP contribution in [0.2, 0.25) is 0 Å². The Balaban J connectivity index is 0. The van der Waals surface area contributed by atoms with Crippen LogP contribution in [-0.4, -0.2) is 19.1 Å². The van der Waals surface area contributed by atoms with Crippen molar-refractivity contribution in [2.24, 2.45) is 5.73 Å². The second-order valence-corrected chi connectivity index (χ2v) is 2.00. The van der Waals surface area contributed by atoms with Crippen LogP contribution < -0.4 is 5.73 Å². The normalized spacial score (nSPS) is 11.1. The van der Waals surface area contributed by atoms with Crippen molar-refractivity contribution in [1.82, 2.24) is 0 Å². The number of carbonyl (C=O) groups is 1. The highest BCUT2D eigenvalue weighted by Gasteiger charge is 2.11. The van der Waals surface area contributed by atoms with Crippen LogP contribution in [-0.2, 0) is 9.53 Å². The van der Waals surface area contributed by atoms with Gasteiger partial charge in [0.05, 0.1) is 7.11 Å². The zero-order valence-corrected chi connectivity index (χ0v) is 7.39. The van der Waals surface area contributed by atoms with Crippen LogP contribution in [0.1, 0.15) is 12.8 Å². The average Bonchev–Trinajstić information content (AvgIpc) is 1.98. The molecule has 0 aromatic carbocycles. The highest BCUT2D eigenvalue weighted by Crippen LogP contribution is 1.95. The molecular weight excluding hydrogens is 166 g/mol. The number of rotatable bonds is 4. The molecule has 66 valence electrons. The lowest BCUT2D eigenvalue weighted by molar-refractivity contribution is -0.142. The number of nitrogens with two attached hydrogens (primary N) is 1. The Morgan fingerprint density at radius 2 is 2.36 bits per heavy atom. The van der Waals surface area contributed by atoms with E-state index in [-0.39, 0.29) is 18.4 Å². The summed E-state index contributed by atoms with van der Waals surface area (Å²) in [6, 6.07) is -0.497. The molecule has 0 radical (unpaired) electrons. The third-order valence-electron chi connectivity index (χ3n) is 1.19. The highest BCUT2D eigenvalue weighted by molar-refractivity contribution is 5.85. The van der Waals surface area contributed by atoms with Gasteiger partial charge in [0.1, 0.15) is 6.04 Å². The lowest BCUT2D eigenvalue weighted by atomic mass is 10.2. The van der Waals surface area contributed by atoms with Gasteiger partial charge in [0.25, 0.3) is 0 Å². The molecule has 0 aromatic heterocycles. The molecule has 0 heterocycles. The monoisotopic (exact) mass is 179 g/mol. The van der Waals surface area contributed by atoms with E-state index in [1.807, 2.05) is 0 Å². The van der Waals surface area contributed by atoms with E-state index in [0.29, 0.717) is 6.42 Å². The first kappa shape index (κ1) is 13.1. The van der Waals surface area contributed by atoms with E-state index < -0.39 is 6.04 Å². The summed E-state index contributed by atoms with van der Waals surface area (Å²) in [6.07, 6.45) is 3.08. The summed E-state index contributed by atoms with van der Waals surface area (Å²) in [5.74, 6) is -0.359. The predicted molar refractivity (Wildman–Crippen MR) is 46.7 cm³/mol. The summed E-state index contributed by atoms with van der Waals surface area (Å²) < 4.78 is 4.41. The molecule has 0 aliphatic rings. The summed E-state index contributed by atoms with van der Waals surface area (Å²) >= 11 is 0. The molecule has 0 rings (SSSR count). The van der Waals surface area contributed by atoms with Crippen molar-refractivity contribution in [3.05, 3.63) is 12.7 Å². The molecule has 11 heavy (non-hydrogen) atoms. The van der Waals surface area contributed by atoms with E-state index in [0.717, 1.165) is 6.42 Å². The molecule has 0 aliphatic heterocycles. The van der Waals surface area contributed by atoms with Crippen molar-refractivity contribution in [3.63, 3.8) is 0 Å². The van der Waals surface area contributed by atoms with Gasteiger partial charge in [-0.25, -0.2) is 0 Å². The maximum atomic E-state index is 10.6. The molecule has 2 N–H and O–H groups in total. The van der Waals surface area contributed by atoms with E-state index in [9.17, 15) is 4.79 Å². The van der Waals surface area contributed by atoms with Crippen molar-refractivity contribution in [1.29, 1.82) is 0 Å². The van der Waals surface area contributed by atoms with Crippen LogP contribution >= 0.6 is 12.4 Å². The van der Waals surface area contributed by atoms with Crippen LogP contribution in [0, 0.1) is 0 Å². The molecule has 0 aromatic rings. The maximum Gasteiger partial charge on any atom is 0.322 e. The van der Waals surface area contributed by atoms with Crippen molar-refractivity contribution in [3.8, 4) is 0 Å². The molecule has 1 atom stereocenters. The number of allylic oxidation sites excluding steroid dienone is 1. The minimum Gasteiger partial charge on any atom is -0.468 e. The van der Waals surface area contributed by atoms with Crippen LogP contribution in [0.4, 0.5) is 0 Å². The lowest BCUT2D eigenvalue weighted by Gasteiger charge is -2.05. The Labute approximate surface area is 73.0 Å². The first-order valence-electron chi connectivity index (χ1n) is 3.16. The lowest BCUT2D eigenvalue weighted by Crippen LogP contribution is -2.31. The van der Waals surface area contributed by atoms with Gasteiger partial charge in [-0.1, -0.05) is 6.08 Å². The van der Waals surface area contributed by atoms with Gasteiger partial charge in [-0.3, -0.25) is 4.79 Å². The zero-order chi connectivity index (χ0) is 7.98. The molecule has 0 unspecified atom stereocenters. The standard InChI is InChI=1S/C7H13NO2.ClH/c1-3-4-5-6(8)7(9)10-2;/h3,6H,1,4-5,8H2,2H3;1H/t6-;/m1./s1. The van der Waals surface area contributed by atoms with Gasteiger partial charge in [-0.2, -0.15) is 0 Å². The molecule has 0 aliphatic carbocycles. The summed E-state index contributed by atoms with van der Waals surface area (Å²) in [5.41, 5.74) is 5.39. The molecule has 3 nitrogen and oxygen atoms in total. The van der Waals surface area contributed by atoms with Gasteiger partial charge in [-0.05, 0) is 12.8 Å². The number of hydrogen-bond acceptors (Lipinski definition) is 3. The van der Waals surface area contributed by atoms with Crippen molar-refractivity contribution < 1.29 is 9.53 Å². The number of hydrogen-bond donors (Lipinski definition) is 1. The Hall–Kier alpha value is -0.540. The molecule has 0 saturated carbocycles. The fraction of sp³-hybridized carbons (Fsp3) is 0.571. The maximum absolute atomic E-state index is 10.6. The van der Waals surface area contributed by atoms with Crippen LogP contribution in [0.15, 0.2) is 12.7 Å². The van der Waals surface area contributed by atoms with E-state index >= 15 is 0 Å². The van der Waals surface area contributed by atoms with Crippen molar-refractivity contribution in [2.45, 2.75) is 18.9 Å². The van der Waals surface area contributed by atoms with Gasteiger partial charge in [0.2, 0.25) is 0 Å². The second-order valence-electron chi connectivity index (χ2n) is 2.00. The minimum absolute atomic E-state index is 0. The molecular formula is C7H14ClNO2. The number of methoxy groups -OCH3 is 1. The number of ether oxygens (including phenoxy) is 1. The van der Waals surface area contributed by atoms with Gasteiger partial charge in [0.15, 0.2) is 0 Å². The van der Waals surface area contributed by atoms with Gasteiger partial charge < -0.3 is 10.5 Å². The molecule has 0 fully saturated rings. The Morgan fingerprint density at radius 3 is 2.73 bits per heavy atom. The fourth-order valence-corrected chi connectivity index (χ4v) is 0.567. The largest absolute Gasteiger partial charge is 0.468 e. The first-order chi connectivity index (χ1) is 4.72. The van der Waals surface area contributed by atoms with Crippen molar-refractivity contribution in [2.75, 3.05) is 7.11 Å². The summed E-state index contributed by atoms with van der Waals surface area (Å²) in [6.45, 7) is 3.51. The van der Waals surface area contributed by atoms with Crippen LogP contribution in [0.3, 0.4) is 0 Å². The minimum atomic E-state index is -0.497. The fourth-order valence-electron chi connectivity index (χ4n) is 0.567. The third kappa shape index (κ3) is 5.88. The number of esters is 1. The van der Waals surface area contributed by atoms with E-state index in [4.69, 9.17) is 5.73 Å². The van der Waals surface area contributed by atoms with Gasteiger partial charge in [0, 0.05) is 0 Å². The second kappa shape index (κ2) is 7.57. The van der Waals surface area contributed by atoms with Gasteiger partial charge in [-0.15, -0.1) is 19.0 Å². The van der Waals surface area contributed by atoms with E-state index in [1.165, 1.54) is 7.11 Å². The Bertz CT molecular complexity index is 128. The van der Waals surface area contributed by atoms with E-state index in [1.54, 1.807) is 6.08 Å². The molecule has 0 saturated heterocycles. The first-order valence-corrected chi connectivity index (χ1v) is 3.16. The zero-order valence-electron chi connectivity index (χ0n) is 6.58. The van der Waals surface area contributed by atoms with Crippen molar-refractivity contribution >= 4 is 18.4 Å². The molecule has 0 amide bonds. The predicted octanol–water partition coefficient (Wildman–Crippen LogP) is 0.875. The Morgan fingerprint density at radius 1 is 1.82 bits per heavy atom. The number of carbonyl (C=O) groups excluding carboxylic acids is 1. The number of halogens is 1.